The first-order valence-corrected chi connectivity index (χ1v) is 9.83. The highest BCUT2D eigenvalue weighted by molar-refractivity contribution is 6.21. The highest BCUT2D eigenvalue weighted by Gasteiger charge is 2.27. The molecule has 32 heavy (non-hydrogen) atoms. The summed E-state index contributed by atoms with van der Waals surface area (Å²) in [4.78, 5) is 23.0. The summed E-state index contributed by atoms with van der Waals surface area (Å²) in [6, 6.07) is 9.12. The number of nitrogens with one attached hydrogen (secondary N) is 1. The number of benzene rings is 1. The average Bonchev–Trinajstić information content (AvgIpc) is 3.31. The largest absolute Gasteiger partial charge is 0.504 e. The van der Waals surface area contributed by atoms with Gasteiger partial charge in [-0.2, -0.15) is 0 Å². The minimum Gasteiger partial charge on any atom is -0.504 e. The molecule has 1 aliphatic rings. The molecule has 3 aromatic rings. The van der Waals surface area contributed by atoms with Crippen molar-refractivity contribution >= 4 is 41.2 Å². The number of fused-ring (bicyclic) bond motifs is 1. The maximum atomic E-state index is 13.3. The molecule has 0 radical (unpaired) electrons. The summed E-state index contributed by atoms with van der Waals surface area (Å²) in [5, 5.41) is 13.7. The fourth-order valence-corrected chi connectivity index (χ4v) is 3.05. The number of esters is 1. The third-order valence-electron chi connectivity index (χ3n) is 4.70. The second-order valence-corrected chi connectivity index (χ2v) is 7.32. The van der Waals surface area contributed by atoms with Crippen molar-refractivity contribution in [2.45, 2.75) is 0 Å². The Hall–Kier alpha value is -3.98. The average molecular weight is 436 g/mol. The summed E-state index contributed by atoms with van der Waals surface area (Å²) >= 11 is 0. The van der Waals surface area contributed by atoms with Gasteiger partial charge in [-0.25, -0.2) is 19.2 Å². The van der Waals surface area contributed by atoms with Crippen LogP contribution in [0.2, 0.25) is 0 Å². The van der Waals surface area contributed by atoms with E-state index in [4.69, 9.17) is 9.15 Å². The van der Waals surface area contributed by atoms with Gasteiger partial charge in [-0.1, -0.05) is 0 Å². The first-order valence-electron chi connectivity index (χ1n) is 9.83. The van der Waals surface area contributed by atoms with Gasteiger partial charge in [0.25, 0.3) is 0 Å². The minimum absolute atomic E-state index is 0.0165. The maximum Gasteiger partial charge on any atom is 0.347 e. The van der Waals surface area contributed by atoms with Gasteiger partial charge in [-0.05, 0) is 56.6 Å². The number of hydrogen-bond donors (Lipinski definition) is 2. The minimum atomic E-state index is -0.746. The molecule has 0 aliphatic carbocycles. The summed E-state index contributed by atoms with van der Waals surface area (Å²) in [5.41, 5.74) is 1.75. The molecule has 1 aromatic carbocycles. The molecular formula is C23H21FN4O4. The number of furan rings is 1. The first-order chi connectivity index (χ1) is 15.4. The van der Waals surface area contributed by atoms with Gasteiger partial charge in [0.05, 0.1) is 0 Å². The molecule has 0 saturated carbocycles. The molecule has 0 spiro atoms. The molecule has 8 nitrogen and oxygen atoms in total. The van der Waals surface area contributed by atoms with Crippen molar-refractivity contribution in [1.29, 1.82) is 0 Å². The number of ether oxygens (including phenoxy) is 1. The molecule has 4 rings (SSSR count). The Balaban J connectivity index is 1.69. The van der Waals surface area contributed by atoms with Crippen LogP contribution in [0.5, 0.6) is 5.75 Å². The van der Waals surface area contributed by atoms with Crippen LogP contribution in [-0.2, 0) is 4.74 Å². The van der Waals surface area contributed by atoms with E-state index in [1.807, 2.05) is 25.1 Å². The summed E-state index contributed by atoms with van der Waals surface area (Å²) in [7, 11) is 3.70. The van der Waals surface area contributed by atoms with Crippen LogP contribution in [0.4, 0.5) is 21.8 Å². The number of halogens is 1. The van der Waals surface area contributed by atoms with Crippen LogP contribution in [0.15, 0.2) is 52.0 Å². The Kier molecular flexibility index (Phi) is 6.00. The predicted molar refractivity (Wildman–Crippen MR) is 119 cm³/mol. The molecule has 164 valence electrons. The fourth-order valence-electron chi connectivity index (χ4n) is 3.05. The molecule has 2 N–H and O–H groups in total. The lowest BCUT2D eigenvalue weighted by Crippen LogP contribution is -2.20. The number of carbonyl (C=O) groups is 1. The van der Waals surface area contributed by atoms with Crippen LogP contribution in [0.1, 0.15) is 21.7 Å². The molecule has 3 heterocycles. The van der Waals surface area contributed by atoms with E-state index in [0.717, 1.165) is 5.56 Å². The van der Waals surface area contributed by atoms with Crippen LogP contribution in [0.3, 0.4) is 0 Å². The van der Waals surface area contributed by atoms with E-state index >= 15 is 0 Å². The highest BCUT2D eigenvalue weighted by Crippen LogP contribution is 2.39. The monoisotopic (exact) mass is 436 g/mol. The van der Waals surface area contributed by atoms with Crippen LogP contribution in [0, 0.1) is 5.82 Å². The molecule has 1 aliphatic heterocycles. The number of aromatic nitrogens is 1. The van der Waals surface area contributed by atoms with Crippen molar-refractivity contribution in [3.8, 4) is 5.75 Å². The topological polar surface area (TPSA) is 100 Å². The Bertz CT molecular complexity index is 1200. The van der Waals surface area contributed by atoms with Gasteiger partial charge in [0, 0.05) is 35.8 Å². The van der Waals surface area contributed by atoms with Crippen LogP contribution >= 0.6 is 0 Å². The quantitative estimate of drug-likeness (QED) is 0.535. The number of aromatic hydroxyl groups is 1. The second-order valence-electron chi connectivity index (χ2n) is 7.32. The van der Waals surface area contributed by atoms with E-state index in [2.05, 4.69) is 15.3 Å². The zero-order chi connectivity index (χ0) is 22.7. The van der Waals surface area contributed by atoms with Crippen LogP contribution < -0.4 is 5.32 Å². The smallest absolute Gasteiger partial charge is 0.347 e. The number of rotatable bonds is 7. The number of allylic oxidation sites excluding steroid dienone is 1. The zero-order valence-corrected chi connectivity index (χ0v) is 17.5. The predicted octanol–water partition coefficient (Wildman–Crippen LogP) is 4.24. The van der Waals surface area contributed by atoms with Crippen molar-refractivity contribution < 1.29 is 23.4 Å². The molecule has 0 atom stereocenters. The lowest BCUT2D eigenvalue weighted by molar-refractivity contribution is 0.0479. The van der Waals surface area contributed by atoms with Crippen molar-refractivity contribution in [1.82, 2.24) is 9.88 Å². The van der Waals surface area contributed by atoms with Gasteiger partial charge >= 0.3 is 5.97 Å². The number of pyridine rings is 1. The van der Waals surface area contributed by atoms with Gasteiger partial charge in [0.15, 0.2) is 22.9 Å². The highest BCUT2D eigenvalue weighted by atomic mass is 19.1. The SMILES string of the molecule is CN(C)CCOC(=O)c1c(Nc2ccc(F)cc2)oc(C=C2C=Nc3ncccc32)c1O. The molecule has 0 bridgehead atoms. The first kappa shape index (κ1) is 21.3. The molecular weight excluding hydrogens is 415 g/mol. The number of anilines is 2. The number of nitrogens with zero attached hydrogens (tertiary/aromatic N) is 3. The van der Waals surface area contributed by atoms with Gasteiger partial charge in [0.2, 0.25) is 5.88 Å². The number of likely N-dealkylation sites (N-methyl/N-ethyl adjacent to an activating group) is 1. The third-order valence-corrected chi connectivity index (χ3v) is 4.70. The Morgan fingerprint density at radius 3 is 2.81 bits per heavy atom. The van der Waals surface area contributed by atoms with E-state index in [1.54, 1.807) is 24.6 Å². The maximum absolute atomic E-state index is 13.3. The fraction of sp³-hybridized carbons (Fsp3) is 0.174. The van der Waals surface area contributed by atoms with Gasteiger partial charge in [0.1, 0.15) is 12.4 Å². The standard InChI is InChI=1S/C23H21FN4O4/c1-28(2)10-11-31-23(30)19-20(29)18(12-14-13-26-21-17(14)4-3-9-25-21)32-22(19)27-16-7-5-15(24)6-8-16/h3-9,12-13,27,29H,10-11H2,1-2H3. The van der Waals surface area contributed by atoms with Crippen molar-refractivity contribution in [2.75, 3.05) is 32.6 Å². The van der Waals surface area contributed by atoms with Crippen LogP contribution in [0.25, 0.3) is 11.6 Å². The Labute approximate surface area is 183 Å². The van der Waals surface area contributed by atoms with E-state index in [1.165, 1.54) is 24.3 Å². The Morgan fingerprint density at radius 2 is 2.06 bits per heavy atom. The van der Waals surface area contributed by atoms with Gasteiger partial charge < -0.3 is 24.5 Å². The third kappa shape index (κ3) is 4.52. The normalized spacial score (nSPS) is 13.6. The van der Waals surface area contributed by atoms with E-state index in [-0.39, 0.29) is 29.6 Å². The lowest BCUT2D eigenvalue weighted by atomic mass is 10.1. The zero-order valence-electron chi connectivity index (χ0n) is 17.5. The summed E-state index contributed by atoms with van der Waals surface area (Å²) < 4.78 is 24.3. The lowest BCUT2D eigenvalue weighted by Gasteiger charge is -2.10. The number of carbonyl (C=O) groups excluding carboxylic acids is 1. The molecule has 0 fully saturated rings. The van der Waals surface area contributed by atoms with E-state index < -0.39 is 11.8 Å². The van der Waals surface area contributed by atoms with E-state index in [9.17, 15) is 14.3 Å². The summed E-state index contributed by atoms with van der Waals surface area (Å²) in [5.74, 6) is -0.936. The molecule has 2 aromatic heterocycles. The number of hydrogen-bond acceptors (Lipinski definition) is 8. The van der Waals surface area contributed by atoms with Crippen molar-refractivity contribution in [3.05, 3.63) is 65.3 Å². The molecule has 0 amide bonds. The van der Waals surface area contributed by atoms with Crippen molar-refractivity contribution in [3.63, 3.8) is 0 Å². The second kappa shape index (κ2) is 9.03. The van der Waals surface area contributed by atoms with Crippen LogP contribution in [-0.4, -0.2) is 54.4 Å². The number of aliphatic imine (C=N–C) groups is 1. The molecule has 0 saturated heterocycles. The van der Waals surface area contributed by atoms with Gasteiger partial charge in [-0.3, -0.25) is 0 Å². The van der Waals surface area contributed by atoms with E-state index in [0.29, 0.717) is 23.6 Å². The summed E-state index contributed by atoms with van der Waals surface area (Å²) in [6.07, 6.45) is 4.80. The summed E-state index contributed by atoms with van der Waals surface area (Å²) in [6.45, 7) is 0.650. The van der Waals surface area contributed by atoms with Gasteiger partial charge in [-0.15, -0.1) is 0 Å². The van der Waals surface area contributed by atoms with Crippen molar-refractivity contribution in [2.24, 2.45) is 4.99 Å². The molecule has 0 unspecified atom stereocenters. The molecule has 9 heteroatoms. The Morgan fingerprint density at radius 1 is 1.28 bits per heavy atom.